The summed E-state index contributed by atoms with van der Waals surface area (Å²) in [7, 11) is 0. The maximum Gasteiger partial charge on any atom is 0.135 e. The minimum Gasteiger partial charge on any atom is -0.508 e. The molecule has 0 saturated heterocycles. The molecule has 1 atom stereocenters. The van der Waals surface area contributed by atoms with Crippen LogP contribution in [0.4, 0.5) is 0 Å². The quantitative estimate of drug-likeness (QED) is 0.577. The normalized spacial score (nSPS) is 12.8. The van der Waals surface area contributed by atoms with E-state index in [9.17, 15) is 5.11 Å². The zero-order valence-corrected chi connectivity index (χ0v) is 11.9. The SMILES string of the molecule is NC(c1cccc(O)c1)c1ccc2oc3ccccc3c2c1. The van der Waals surface area contributed by atoms with Crippen LogP contribution in [-0.2, 0) is 0 Å². The van der Waals surface area contributed by atoms with Gasteiger partial charge in [0.2, 0.25) is 0 Å². The van der Waals surface area contributed by atoms with Crippen LogP contribution in [0, 0.1) is 0 Å². The molecule has 22 heavy (non-hydrogen) atoms. The van der Waals surface area contributed by atoms with Crippen LogP contribution in [0.3, 0.4) is 0 Å². The van der Waals surface area contributed by atoms with E-state index in [0.29, 0.717) is 0 Å². The van der Waals surface area contributed by atoms with Crippen molar-refractivity contribution in [1.29, 1.82) is 0 Å². The summed E-state index contributed by atoms with van der Waals surface area (Å²) in [4.78, 5) is 0. The lowest BCUT2D eigenvalue weighted by Gasteiger charge is -2.13. The highest BCUT2D eigenvalue weighted by atomic mass is 16.3. The molecule has 4 rings (SSSR count). The van der Waals surface area contributed by atoms with E-state index in [2.05, 4.69) is 6.07 Å². The maximum atomic E-state index is 9.62. The van der Waals surface area contributed by atoms with Crippen LogP contribution in [-0.4, -0.2) is 5.11 Å². The highest BCUT2D eigenvalue weighted by Crippen LogP contribution is 2.31. The zero-order chi connectivity index (χ0) is 15.1. The third kappa shape index (κ3) is 2.03. The summed E-state index contributed by atoms with van der Waals surface area (Å²) < 4.78 is 5.83. The van der Waals surface area contributed by atoms with Crippen molar-refractivity contribution in [2.24, 2.45) is 5.73 Å². The Morgan fingerprint density at radius 1 is 0.773 bits per heavy atom. The zero-order valence-electron chi connectivity index (χ0n) is 11.9. The maximum absolute atomic E-state index is 9.62. The number of benzene rings is 3. The first-order chi connectivity index (χ1) is 10.7. The van der Waals surface area contributed by atoms with Gasteiger partial charge in [0.15, 0.2) is 0 Å². The van der Waals surface area contributed by atoms with Gasteiger partial charge >= 0.3 is 0 Å². The third-order valence-corrected chi connectivity index (χ3v) is 3.99. The summed E-state index contributed by atoms with van der Waals surface area (Å²) in [5.74, 6) is 0.225. The minimum atomic E-state index is -0.287. The number of aromatic hydroxyl groups is 1. The fraction of sp³-hybridized carbons (Fsp3) is 0.0526. The standard InChI is InChI=1S/C19H15NO2/c20-19(12-4-3-5-14(21)10-12)13-8-9-18-16(11-13)15-6-1-2-7-17(15)22-18/h1-11,19,21H,20H2. The van der Waals surface area contributed by atoms with Crippen molar-refractivity contribution in [3.05, 3.63) is 77.9 Å². The average Bonchev–Trinajstić information content (AvgIpc) is 2.92. The Morgan fingerprint density at radius 2 is 1.55 bits per heavy atom. The third-order valence-electron chi connectivity index (χ3n) is 3.99. The van der Waals surface area contributed by atoms with E-state index in [1.54, 1.807) is 18.2 Å². The average molecular weight is 289 g/mol. The molecule has 1 heterocycles. The summed E-state index contributed by atoms with van der Waals surface area (Å²) in [6.07, 6.45) is 0. The second kappa shape index (κ2) is 4.90. The molecule has 0 saturated carbocycles. The number of phenols is 1. The van der Waals surface area contributed by atoms with Crippen LogP contribution in [0.2, 0.25) is 0 Å². The number of hydrogen-bond acceptors (Lipinski definition) is 3. The largest absolute Gasteiger partial charge is 0.508 e. The van der Waals surface area contributed by atoms with Gasteiger partial charge in [-0.1, -0.05) is 36.4 Å². The van der Waals surface area contributed by atoms with E-state index in [1.165, 1.54) is 0 Å². The number of nitrogens with two attached hydrogens (primary N) is 1. The van der Waals surface area contributed by atoms with Gasteiger partial charge < -0.3 is 15.3 Å². The Bertz CT molecular complexity index is 971. The van der Waals surface area contributed by atoms with E-state index in [4.69, 9.17) is 10.2 Å². The lowest BCUT2D eigenvalue weighted by Crippen LogP contribution is -2.11. The second-order valence-corrected chi connectivity index (χ2v) is 5.43. The Morgan fingerprint density at radius 3 is 2.41 bits per heavy atom. The number of hydrogen-bond donors (Lipinski definition) is 2. The molecule has 0 fully saturated rings. The molecule has 3 nitrogen and oxygen atoms in total. The summed E-state index contributed by atoms with van der Waals surface area (Å²) in [6, 6.07) is 20.7. The summed E-state index contributed by atoms with van der Waals surface area (Å²) in [6.45, 7) is 0. The topological polar surface area (TPSA) is 59.4 Å². The predicted molar refractivity (Wildman–Crippen MR) is 87.9 cm³/mol. The van der Waals surface area contributed by atoms with E-state index < -0.39 is 0 Å². The van der Waals surface area contributed by atoms with Gasteiger partial charge in [0.25, 0.3) is 0 Å². The molecule has 1 aromatic heterocycles. The summed E-state index contributed by atoms with van der Waals surface area (Å²) in [5, 5.41) is 11.8. The molecule has 108 valence electrons. The Hall–Kier alpha value is -2.78. The highest BCUT2D eigenvalue weighted by molar-refractivity contribution is 6.05. The van der Waals surface area contributed by atoms with Gasteiger partial charge in [-0.3, -0.25) is 0 Å². The fourth-order valence-electron chi connectivity index (χ4n) is 2.85. The molecular weight excluding hydrogens is 274 g/mol. The van der Waals surface area contributed by atoms with Crippen LogP contribution in [0.1, 0.15) is 17.2 Å². The molecule has 1 unspecified atom stereocenters. The number of furan rings is 1. The number of phenolic OH excluding ortho intramolecular Hbond substituents is 1. The molecule has 4 aromatic rings. The van der Waals surface area contributed by atoms with E-state index in [0.717, 1.165) is 33.1 Å². The van der Waals surface area contributed by atoms with E-state index >= 15 is 0 Å². The second-order valence-electron chi connectivity index (χ2n) is 5.43. The van der Waals surface area contributed by atoms with Gasteiger partial charge in [-0.05, 0) is 41.5 Å². The molecule has 0 aliphatic carbocycles. The van der Waals surface area contributed by atoms with Gasteiger partial charge in [0, 0.05) is 10.8 Å². The minimum absolute atomic E-state index is 0.225. The first-order valence-corrected chi connectivity index (χ1v) is 7.18. The van der Waals surface area contributed by atoms with Gasteiger partial charge in [0.05, 0.1) is 6.04 Å². The van der Waals surface area contributed by atoms with Gasteiger partial charge in [0.1, 0.15) is 16.9 Å². The smallest absolute Gasteiger partial charge is 0.135 e. The van der Waals surface area contributed by atoms with Crippen molar-refractivity contribution < 1.29 is 9.52 Å². The fourth-order valence-corrected chi connectivity index (χ4v) is 2.85. The van der Waals surface area contributed by atoms with E-state index in [-0.39, 0.29) is 11.8 Å². The van der Waals surface area contributed by atoms with Crippen molar-refractivity contribution in [2.45, 2.75) is 6.04 Å². The van der Waals surface area contributed by atoms with Crippen LogP contribution in [0.5, 0.6) is 5.75 Å². The number of fused-ring (bicyclic) bond motifs is 3. The molecule has 0 spiro atoms. The lowest BCUT2D eigenvalue weighted by molar-refractivity contribution is 0.474. The van der Waals surface area contributed by atoms with Crippen LogP contribution in [0.15, 0.2) is 71.1 Å². The summed E-state index contributed by atoms with van der Waals surface area (Å²) in [5.41, 5.74) is 9.95. The predicted octanol–water partition coefficient (Wildman–Crippen LogP) is 4.34. The number of rotatable bonds is 2. The van der Waals surface area contributed by atoms with Crippen LogP contribution < -0.4 is 5.73 Å². The Balaban J connectivity index is 1.86. The number of para-hydroxylation sites is 1. The first-order valence-electron chi connectivity index (χ1n) is 7.18. The van der Waals surface area contributed by atoms with Crippen molar-refractivity contribution >= 4 is 21.9 Å². The van der Waals surface area contributed by atoms with Crippen molar-refractivity contribution in [1.82, 2.24) is 0 Å². The molecular formula is C19H15NO2. The molecule has 3 heteroatoms. The monoisotopic (exact) mass is 289 g/mol. The molecule has 0 aliphatic rings. The van der Waals surface area contributed by atoms with Gasteiger partial charge in [-0.2, -0.15) is 0 Å². The van der Waals surface area contributed by atoms with E-state index in [1.807, 2.05) is 42.5 Å². The lowest BCUT2D eigenvalue weighted by atomic mass is 9.98. The highest BCUT2D eigenvalue weighted by Gasteiger charge is 2.13. The van der Waals surface area contributed by atoms with Crippen molar-refractivity contribution in [2.75, 3.05) is 0 Å². The molecule has 0 bridgehead atoms. The molecule has 3 aromatic carbocycles. The Kier molecular flexibility index (Phi) is 2.88. The van der Waals surface area contributed by atoms with Gasteiger partial charge in [-0.25, -0.2) is 0 Å². The first kappa shape index (κ1) is 12.9. The molecule has 3 N–H and O–H groups in total. The molecule has 0 aliphatic heterocycles. The summed E-state index contributed by atoms with van der Waals surface area (Å²) >= 11 is 0. The van der Waals surface area contributed by atoms with Crippen molar-refractivity contribution in [3.63, 3.8) is 0 Å². The van der Waals surface area contributed by atoms with Crippen LogP contribution >= 0.6 is 0 Å². The van der Waals surface area contributed by atoms with Crippen LogP contribution in [0.25, 0.3) is 21.9 Å². The van der Waals surface area contributed by atoms with Gasteiger partial charge in [-0.15, -0.1) is 0 Å². The molecule has 0 radical (unpaired) electrons. The van der Waals surface area contributed by atoms with Crippen molar-refractivity contribution in [3.8, 4) is 5.75 Å². The molecule has 0 amide bonds. The Labute approximate surface area is 127 Å².